The first-order valence-electron chi connectivity index (χ1n) is 8.19. The van der Waals surface area contributed by atoms with E-state index in [0.29, 0.717) is 6.54 Å². The van der Waals surface area contributed by atoms with Gasteiger partial charge in [-0.1, -0.05) is 48.0 Å². The van der Waals surface area contributed by atoms with E-state index in [1.165, 1.54) is 5.56 Å². The van der Waals surface area contributed by atoms with Crippen molar-refractivity contribution in [1.29, 1.82) is 0 Å². The molecule has 24 heavy (non-hydrogen) atoms. The van der Waals surface area contributed by atoms with Crippen LogP contribution in [0.15, 0.2) is 58.1 Å². The first-order valence-corrected chi connectivity index (χ1v) is 8.98. The summed E-state index contributed by atoms with van der Waals surface area (Å²) in [6, 6.07) is 14.4. The number of halogens is 1. The number of nitrogens with one attached hydrogen (secondary N) is 2. The maximum Gasteiger partial charge on any atom is 0.191 e. The molecule has 0 aliphatic carbocycles. The second-order valence-electron chi connectivity index (χ2n) is 6.26. The van der Waals surface area contributed by atoms with E-state index < -0.39 is 0 Å². The predicted octanol–water partition coefficient (Wildman–Crippen LogP) is 3.88. The quantitative estimate of drug-likeness (QED) is 0.583. The van der Waals surface area contributed by atoms with Gasteiger partial charge in [0.2, 0.25) is 0 Å². The Labute approximate surface area is 152 Å². The van der Waals surface area contributed by atoms with Crippen molar-refractivity contribution in [2.75, 3.05) is 13.1 Å². The van der Waals surface area contributed by atoms with Gasteiger partial charge in [-0.25, -0.2) is 4.99 Å². The SMILES string of the molecule is CCNC(=NCc1ccccn1)NCC(C)(C)c1ccc(Br)cc1. The molecule has 0 saturated heterocycles. The molecule has 2 aromatic rings. The molecule has 0 saturated carbocycles. The predicted molar refractivity (Wildman–Crippen MR) is 104 cm³/mol. The molecule has 0 fully saturated rings. The highest BCUT2D eigenvalue weighted by atomic mass is 79.9. The molecule has 0 amide bonds. The summed E-state index contributed by atoms with van der Waals surface area (Å²) in [6.45, 7) is 8.71. The Morgan fingerprint density at radius 1 is 1.12 bits per heavy atom. The lowest BCUT2D eigenvalue weighted by atomic mass is 9.85. The smallest absolute Gasteiger partial charge is 0.191 e. The molecule has 0 radical (unpaired) electrons. The highest BCUT2D eigenvalue weighted by Crippen LogP contribution is 2.23. The third-order valence-electron chi connectivity index (χ3n) is 3.79. The van der Waals surface area contributed by atoms with Crippen LogP contribution < -0.4 is 10.6 Å². The zero-order valence-corrected chi connectivity index (χ0v) is 16.1. The van der Waals surface area contributed by atoms with Crippen LogP contribution in [0, 0.1) is 0 Å². The maximum absolute atomic E-state index is 4.62. The number of aliphatic imine (C=N–C) groups is 1. The summed E-state index contributed by atoms with van der Waals surface area (Å²) in [7, 11) is 0. The van der Waals surface area contributed by atoms with Crippen molar-refractivity contribution in [3.63, 3.8) is 0 Å². The number of pyridine rings is 1. The Morgan fingerprint density at radius 2 is 1.88 bits per heavy atom. The van der Waals surface area contributed by atoms with Crippen LogP contribution in [0.2, 0.25) is 0 Å². The van der Waals surface area contributed by atoms with Crippen LogP contribution in [-0.4, -0.2) is 24.0 Å². The number of benzene rings is 1. The van der Waals surface area contributed by atoms with Crippen molar-refractivity contribution in [3.05, 3.63) is 64.4 Å². The Kier molecular flexibility index (Phi) is 6.79. The van der Waals surface area contributed by atoms with Gasteiger partial charge in [-0.05, 0) is 36.8 Å². The van der Waals surface area contributed by atoms with Crippen LogP contribution in [0.4, 0.5) is 0 Å². The first-order chi connectivity index (χ1) is 11.5. The molecule has 1 heterocycles. The number of guanidine groups is 1. The van der Waals surface area contributed by atoms with Gasteiger partial charge in [0.15, 0.2) is 5.96 Å². The van der Waals surface area contributed by atoms with Crippen LogP contribution in [0.1, 0.15) is 32.0 Å². The Morgan fingerprint density at radius 3 is 2.50 bits per heavy atom. The van der Waals surface area contributed by atoms with E-state index in [-0.39, 0.29) is 5.41 Å². The van der Waals surface area contributed by atoms with Gasteiger partial charge in [-0.3, -0.25) is 4.98 Å². The van der Waals surface area contributed by atoms with Gasteiger partial charge in [0, 0.05) is 29.2 Å². The summed E-state index contributed by atoms with van der Waals surface area (Å²) in [5.74, 6) is 0.813. The Balaban J connectivity index is 2.00. The molecule has 4 nitrogen and oxygen atoms in total. The fraction of sp³-hybridized carbons (Fsp3) is 0.368. The zero-order chi connectivity index (χ0) is 17.4. The second-order valence-corrected chi connectivity index (χ2v) is 7.18. The fourth-order valence-corrected chi connectivity index (χ4v) is 2.57. The van der Waals surface area contributed by atoms with Gasteiger partial charge in [-0.2, -0.15) is 0 Å². The molecule has 0 atom stereocenters. The van der Waals surface area contributed by atoms with Gasteiger partial charge in [-0.15, -0.1) is 0 Å². The average Bonchev–Trinajstić information content (AvgIpc) is 2.59. The summed E-state index contributed by atoms with van der Waals surface area (Å²) in [4.78, 5) is 8.93. The molecule has 2 N–H and O–H groups in total. The minimum absolute atomic E-state index is 0.00187. The van der Waals surface area contributed by atoms with Gasteiger partial charge in [0.25, 0.3) is 0 Å². The van der Waals surface area contributed by atoms with E-state index in [9.17, 15) is 0 Å². The number of rotatable bonds is 6. The Bertz CT molecular complexity index is 651. The average molecular weight is 389 g/mol. The highest BCUT2D eigenvalue weighted by molar-refractivity contribution is 9.10. The van der Waals surface area contributed by atoms with E-state index >= 15 is 0 Å². The minimum Gasteiger partial charge on any atom is -0.357 e. The van der Waals surface area contributed by atoms with Crippen molar-refractivity contribution in [2.45, 2.75) is 32.7 Å². The molecule has 1 aromatic heterocycles. The highest BCUT2D eigenvalue weighted by Gasteiger charge is 2.20. The van der Waals surface area contributed by atoms with Crippen molar-refractivity contribution < 1.29 is 0 Å². The monoisotopic (exact) mass is 388 g/mol. The normalized spacial score (nSPS) is 12.1. The van der Waals surface area contributed by atoms with E-state index in [4.69, 9.17) is 0 Å². The molecular weight excluding hydrogens is 364 g/mol. The standard InChI is InChI=1S/C19H25BrN4/c1-4-21-18(23-13-17-7-5-6-12-22-17)24-14-19(2,3)15-8-10-16(20)11-9-15/h5-12H,4,13-14H2,1-3H3,(H2,21,23,24). The van der Waals surface area contributed by atoms with E-state index in [1.807, 2.05) is 18.2 Å². The van der Waals surface area contributed by atoms with Crippen LogP contribution in [0.5, 0.6) is 0 Å². The van der Waals surface area contributed by atoms with Crippen molar-refractivity contribution in [3.8, 4) is 0 Å². The third-order valence-corrected chi connectivity index (χ3v) is 4.32. The van der Waals surface area contributed by atoms with Gasteiger partial charge in [0.05, 0.1) is 12.2 Å². The lowest BCUT2D eigenvalue weighted by molar-refractivity contribution is 0.508. The molecule has 0 aliphatic rings. The summed E-state index contributed by atoms with van der Waals surface area (Å²) in [5, 5.41) is 6.73. The first kappa shape index (κ1) is 18.5. The molecule has 0 unspecified atom stereocenters. The molecule has 0 aliphatic heterocycles. The van der Waals surface area contributed by atoms with Crippen LogP contribution in [0.3, 0.4) is 0 Å². The molecule has 5 heteroatoms. The van der Waals surface area contributed by atoms with Gasteiger partial charge in [0.1, 0.15) is 0 Å². The third kappa shape index (κ3) is 5.64. The van der Waals surface area contributed by atoms with Crippen LogP contribution >= 0.6 is 15.9 Å². The second kappa shape index (κ2) is 8.83. The fourth-order valence-electron chi connectivity index (χ4n) is 2.30. The number of nitrogens with zero attached hydrogens (tertiary/aromatic N) is 2. The number of hydrogen-bond donors (Lipinski definition) is 2. The maximum atomic E-state index is 4.62. The molecule has 2 rings (SSSR count). The lowest BCUT2D eigenvalue weighted by Crippen LogP contribution is -2.43. The molecule has 1 aromatic carbocycles. The summed E-state index contributed by atoms with van der Waals surface area (Å²) in [5.41, 5.74) is 2.25. The minimum atomic E-state index is 0.00187. The van der Waals surface area contributed by atoms with Gasteiger partial charge >= 0.3 is 0 Å². The van der Waals surface area contributed by atoms with E-state index in [1.54, 1.807) is 6.20 Å². The van der Waals surface area contributed by atoms with E-state index in [0.717, 1.165) is 29.2 Å². The van der Waals surface area contributed by atoms with Crippen molar-refractivity contribution in [1.82, 2.24) is 15.6 Å². The molecular formula is C19H25BrN4. The van der Waals surface area contributed by atoms with E-state index in [2.05, 4.69) is 81.6 Å². The van der Waals surface area contributed by atoms with Crippen LogP contribution in [0.25, 0.3) is 0 Å². The summed E-state index contributed by atoms with van der Waals surface area (Å²) in [6.07, 6.45) is 1.79. The molecule has 0 spiro atoms. The number of aromatic nitrogens is 1. The summed E-state index contributed by atoms with van der Waals surface area (Å²) >= 11 is 3.49. The van der Waals surface area contributed by atoms with Crippen LogP contribution in [-0.2, 0) is 12.0 Å². The van der Waals surface area contributed by atoms with Crippen molar-refractivity contribution in [2.24, 2.45) is 4.99 Å². The Hall–Kier alpha value is -1.88. The molecule has 128 valence electrons. The largest absolute Gasteiger partial charge is 0.357 e. The topological polar surface area (TPSA) is 49.3 Å². The molecule has 0 bridgehead atoms. The van der Waals surface area contributed by atoms with Gasteiger partial charge < -0.3 is 10.6 Å². The number of hydrogen-bond acceptors (Lipinski definition) is 2. The lowest BCUT2D eigenvalue weighted by Gasteiger charge is -2.27. The van der Waals surface area contributed by atoms with Crippen molar-refractivity contribution >= 4 is 21.9 Å². The summed E-state index contributed by atoms with van der Waals surface area (Å²) < 4.78 is 1.10. The zero-order valence-electron chi connectivity index (χ0n) is 14.5.